The molecular weight excluding hydrogens is 767 g/mol. The highest BCUT2D eigenvalue weighted by atomic mass is 16.7. The summed E-state index contributed by atoms with van der Waals surface area (Å²) in [6, 6.07) is -0.795. The Balaban J connectivity index is 1.90. The smallest absolute Gasteiger partial charge is 0.220 e. The van der Waals surface area contributed by atoms with Gasteiger partial charge in [-0.25, -0.2) is 0 Å². The van der Waals surface area contributed by atoms with E-state index in [9.17, 15) is 30.3 Å². The number of hydrogen-bond donors (Lipinski definition) is 6. The normalized spacial score (nSPS) is 20.4. The molecule has 1 saturated heterocycles. The number of hydrogen-bond acceptors (Lipinski definition) is 8. The molecule has 61 heavy (non-hydrogen) atoms. The molecular formula is C52H101NO8. The molecule has 0 aliphatic carbocycles. The van der Waals surface area contributed by atoms with Crippen LogP contribution < -0.4 is 5.32 Å². The lowest BCUT2D eigenvalue weighted by Gasteiger charge is -2.40. The van der Waals surface area contributed by atoms with Crippen molar-refractivity contribution in [2.24, 2.45) is 0 Å². The first-order valence-corrected chi connectivity index (χ1v) is 26.4. The Morgan fingerprint density at radius 2 is 0.902 bits per heavy atom. The number of rotatable bonds is 45. The van der Waals surface area contributed by atoms with Crippen LogP contribution in [0.25, 0.3) is 0 Å². The third-order valence-corrected chi connectivity index (χ3v) is 12.8. The SMILES string of the molecule is CCC/C=C/C(O)C(COC1OC(CO)C(O)C(O)C1O)NC(=O)CCCCCCCCCCCCCCCCCCCCCCCCCCCCCCCCCCCCC. The zero-order valence-corrected chi connectivity index (χ0v) is 39.9. The van der Waals surface area contributed by atoms with Crippen molar-refractivity contribution in [2.45, 2.75) is 301 Å². The average Bonchev–Trinajstić information content (AvgIpc) is 3.26. The average molecular weight is 868 g/mol. The van der Waals surface area contributed by atoms with E-state index in [2.05, 4.69) is 12.2 Å². The van der Waals surface area contributed by atoms with Crippen LogP contribution in [0, 0.1) is 0 Å². The summed E-state index contributed by atoms with van der Waals surface area (Å²) < 4.78 is 11.1. The summed E-state index contributed by atoms with van der Waals surface area (Å²) in [6.45, 7) is 3.58. The summed E-state index contributed by atoms with van der Waals surface area (Å²) in [7, 11) is 0. The predicted octanol–water partition coefficient (Wildman–Crippen LogP) is 12.1. The largest absolute Gasteiger partial charge is 0.394 e. The number of nitrogens with one attached hydrogen (secondary N) is 1. The van der Waals surface area contributed by atoms with Crippen LogP contribution >= 0.6 is 0 Å². The van der Waals surface area contributed by atoms with Crippen LogP contribution in [0.15, 0.2) is 12.2 Å². The summed E-state index contributed by atoms with van der Waals surface area (Å²) in [5.74, 6) is -0.184. The van der Waals surface area contributed by atoms with E-state index in [1.165, 1.54) is 205 Å². The van der Waals surface area contributed by atoms with E-state index in [1.54, 1.807) is 6.08 Å². The molecule has 362 valence electrons. The topological polar surface area (TPSA) is 149 Å². The van der Waals surface area contributed by atoms with Gasteiger partial charge in [-0.15, -0.1) is 0 Å². The number of aliphatic hydroxyl groups is 5. The molecule has 0 aromatic heterocycles. The van der Waals surface area contributed by atoms with Crippen LogP contribution in [0.2, 0.25) is 0 Å². The standard InChI is InChI=1S/C52H101NO8/c1-3-5-7-8-9-10-11-12-13-14-15-16-17-18-19-20-21-22-23-24-25-26-27-28-29-30-31-32-33-34-35-36-37-38-40-42-48(56)53-45(46(55)41-39-6-4-2)44-60-52-51(59)50(58)49(57)47(43-54)61-52/h39,41,45-47,49-52,54-55,57-59H,3-38,40,42-44H2,1-2H3,(H,53,56)/b41-39+. The molecule has 1 heterocycles. The lowest BCUT2D eigenvalue weighted by atomic mass is 9.99. The maximum absolute atomic E-state index is 12.8. The Hall–Kier alpha value is -1.07. The number of carbonyl (C=O) groups is 1. The second-order valence-electron chi connectivity index (χ2n) is 18.7. The van der Waals surface area contributed by atoms with Crippen molar-refractivity contribution in [1.29, 1.82) is 0 Å². The summed E-state index contributed by atoms with van der Waals surface area (Å²) >= 11 is 0. The molecule has 0 aromatic carbocycles. The Morgan fingerprint density at radius 1 is 0.541 bits per heavy atom. The van der Waals surface area contributed by atoms with Gasteiger partial charge >= 0.3 is 0 Å². The van der Waals surface area contributed by atoms with Crippen molar-refractivity contribution in [1.82, 2.24) is 5.32 Å². The van der Waals surface area contributed by atoms with Gasteiger partial charge in [-0.1, -0.05) is 251 Å². The predicted molar refractivity (Wildman–Crippen MR) is 254 cm³/mol. The first kappa shape index (κ1) is 57.9. The zero-order chi connectivity index (χ0) is 44.4. The number of amides is 1. The molecule has 1 fully saturated rings. The molecule has 9 heteroatoms. The molecule has 0 saturated carbocycles. The van der Waals surface area contributed by atoms with Crippen LogP contribution in [0.4, 0.5) is 0 Å². The Morgan fingerprint density at radius 3 is 1.25 bits per heavy atom. The molecule has 7 atom stereocenters. The third-order valence-electron chi connectivity index (χ3n) is 12.8. The van der Waals surface area contributed by atoms with Gasteiger partial charge in [0.1, 0.15) is 24.4 Å². The molecule has 0 bridgehead atoms. The fourth-order valence-electron chi connectivity index (χ4n) is 8.64. The number of unbranched alkanes of at least 4 members (excludes halogenated alkanes) is 35. The van der Waals surface area contributed by atoms with Crippen molar-refractivity contribution in [3.63, 3.8) is 0 Å². The van der Waals surface area contributed by atoms with Crippen LogP contribution in [0.3, 0.4) is 0 Å². The van der Waals surface area contributed by atoms with E-state index in [0.717, 1.165) is 32.1 Å². The molecule has 6 N–H and O–H groups in total. The Bertz CT molecular complexity index is 966. The van der Waals surface area contributed by atoms with Gasteiger partial charge in [0.2, 0.25) is 5.91 Å². The van der Waals surface area contributed by atoms with E-state index in [0.29, 0.717) is 6.42 Å². The minimum atomic E-state index is -1.56. The van der Waals surface area contributed by atoms with Crippen LogP contribution in [-0.4, -0.2) is 87.5 Å². The Labute approximate surface area is 376 Å². The van der Waals surface area contributed by atoms with Crippen molar-refractivity contribution < 1.29 is 39.8 Å². The molecule has 0 aromatic rings. The van der Waals surface area contributed by atoms with E-state index >= 15 is 0 Å². The number of aliphatic hydroxyl groups excluding tert-OH is 5. The van der Waals surface area contributed by atoms with Gasteiger partial charge in [-0.05, 0) is 12.8 Å². The number of carbonyl (C=O) groups excluding carboxylic acids is 1. The molecule has 9 nitrogen and oxygen atoms in total. The van der Waals surface area contributed by atoms with Gasteiger partial charge in [0.15, 0.2) is 6.29 Å². The van der Waals surface area contributed by atoms with E-state index in [4.69, 9.17) is 9.47 Å². The highest BCUT2D eigenvalue weighted by molar-refractivity contribution is 5.76. The van der Waals surface area contributed by atoms with E-state index in [1.807, 2.05) is 13.0 Å². The summed E-state index contributed by atoms with van der Waals surface area (Å²) in [6.07, 6.45) is 45.6. The van der Waals surface area contributed by atoms with Gasteiger partial charge in [-0.2, -0.15) is 0 Å². The van der Waals surface area contributed by atoms with Gasteiger partial charge in [0, 0.05) is 6.42 Å². The molecule has 0 spiro atoms. The second-order valence-corrected chi connectivity index (χ2v) is 18.7. The molecule has 1 aliphatic heterocycles. The minimum Gasteiger partial charge on any atom is -0.394 e. The van der Waals surface area contributed by atoms with Crippen LogP contribution in [0.5, 0.6) is 0 Å². The van der Waals surface area contributed by atoms with Crippen molar-refractivity contribution >= 4 is 5.91 Å². The Kier molecular flexibility index (Phi) is 40.7. The summed E-state index contributed by atoms with van der Waals surface area (Å²) in [5, 5.41) is 53.5. The van der Waals surface area contributed by atoms with Crippen molar-refractivity contribution in [3.05, 3.63) is 12.2 Å². The quantitative estimate of drug-likeness (QED) is 0.0262. The van der Waals surface area contributed by atoms with Gasteiger partial charge in [0.05, 0.1) is 25.4 Å². The minimum absolute atomic E-state index is 0.184. The highest BCUT2D eigenvalue weighted by Gasteiger charge is 2.44. The fraction of sp³-hybridized carbons (Fsp3) is 0.942. The monoisotopic (exact) mass is 868 g/mol. The zero-order valence-electron chi connectivity index (χ0n) is 39.9. The van der Waals surface area contributed by atoms with Gasteiger partial charge in [0.25, 0.3) is 0 Å². The molecule has 1 rings (SSSR count). The summed E-state index contributed by atoms with van der Waals surface area (Å²) in [4.78, 5) is 12.8. The van der Waals surface area contributed by atoms with Crippen LogP contribution in [0.1, 0.15) is 258 Å². The molecule has 1 amide bonds. The number of allylic oxidation sites excluding steroid dienone is 1. The lowest BCUT2D eigenvalue weighted by molar-refractivity contribution is -0.302. The maximum Gasteiger partial charge on any atom is 0.220 e. The lowest BCUT2D eigenvalue weighted by Crippen LogP contribution is -2.60. The van der Waals surface area contributed by atoms with Crippen LogP contribution in [-0.2, 0) is 14.3 Å². The highest BCUT2D eigenvalue weighted by Crippen LogP contribution is 2.23. The van der Waals surface area contributed by atoms with Gasteiger partial charge in [-0.3, -0.25) is 4.79 Å². The summed E-state index contributed by atoms with van der Waals surface area (Å²) in [5.41, 5.74) is 0. The molecule has 0 radical (unpaired) electrons. The molecule has 1 aliphatic rings. The van der Waals surface area contributed by atoms with Crippen molar-refractivity contribution in [2.75, 3.05) is 13.2 Å². The maximum atomic E-state index is 12.8. The fourth-order valence-corrected chi connectivity index (χ4v) is 8.64. The third kappa shape index (κ3) is 33.1. The van der Waals surface area contributed by atoms with E-state index < -0.39 is 49.5 Å². The van der Waals surface area contributed by atoms with Gasteiger partial charge < -0.3 is 40.3 Å². The second kappa shape index (κ2) is 42.9. The number of ether oxygens (including phenoxy) is 2. The first-order chi connectivity index (χ1) is 29.8. The molecule has 7 unspecified atom stereocenters. The van der Waals surface area contributed by atoms with E-state index in [-0.39, 0.29) is 12.5 Å². The van der Waals surface area contributed by atoms with Crippen molar-refractivity contribution in [3.8, 4) is 0 Å². The first-order valence-electron chi connectivity index (χ1n) is 26.4.